The molecule has 0 aliphatic rings. The van der Waals surface area contributed by atoms with Gasteiger partial charge in [0.1, 0.15) is 0 Å². The number of nitrogen functional groups attached to an aromatic ring is 1. The molecule has 0 aliphatic carbocycles. The average Bonchev–Trinajstić information content (AvgIpc) is 2.40. The fourth-order valence-electron chi connectivity index (χ4n) is 1.41. The maximum Gasteiger partial charge on any atom is 0.177 e. The predicted molar refractivity (Wildman–Crippen MR) is 61.9 cm³/mol. The van der Waals surface area contributed by atoms with Crippen LogP contribution in [0.2, 0.25) is 0 Å². The van der Waals surface area contributed by atoms with Crippen LogP contribution in [0.4, 0.5) is 5.69 Å². The molecule has 1 aromatic carbocycles. The summed E-state index contributed by atoms with van der Waals surface area (Å²) in [7, 11) is -3.28. The maximum atomic E-state index is 11.4. The first kappa shape index (κ1) is 10.4. The van der Waals surface area contributed by atoms with Crippen molar-refractivity contribution in [1.82, 2.24) is 4.98 Å². The van der Waals surface area contributed by atoms with E-state index in [0.29, 0.717) is 5.52 Å². The third-order valence-electron chi connectivity index (χ3n) is 2.03. The molecule has 0 amide bonds. The number of nitrogens with zero attached hydrogens (tertiary/aromatic N) is 1. The molecule has 0 unspecified atom stereocenters. The summed E-state index contributed by atoms with van der Waals surface area (Å²) in [6.07, 6.45) is 1.14. The van der Waals surface area contributed by atoms with Crippen molar-refractivity contribution >= 4 is 37.1 Å². The summed E-state index contributed by atoms with van der Waals surface area (Å²) in [6.45, 7) is 1.88. The molecule has 0 spiro atoms. The Morgan fingerprint density at radius 3 is 2.67 bits per heavy atom. The molecule has 6 heteroatoms. The monoisotopic (exact) mass is 242 g/mol. The highest BCUT2D eigenvalue weighted by Crippen LogP contribution is 2.28. The van der Waals surface area contributed by atoms with E-state index in [4.69, 9.17) is 5.73 Å². The van der Waals surface area contributed by atoms with E-state index in [9.17, 15) is 8.42 Å². The zero-order chi connectivity index (χ0) is 11.2. The van der Waals surface area contributed by atoms with Crippen molar-refractivity contribution in [1.29, 1.82) is 0 Å². The second-order valence-electron chi connectivity index (χ2n) is 3.36. The molecule has 0 aliphatic heterocycles. The van der Waals surface area contributed by atoms with Crippen LogP contribution in [-0.2, 0) is 9.84 Å². The van der Waals surface area contributed by atoms with Crippen molar-refractivity contribution in [2.45, 2.75) is 11.8 Å². The standard InChI is InChI=1S/C9H10N2O2S2/c1-5-11-7-4-9(15(2,12)13)6(10)3-8(7)14-5/h3-4H,10H2,1-2H3. The van der Waals surface area contributed by atoms with Gasteiger partial charge in [-0.2, -0.15) is 0 Å². The van der Waals surface area contributed by atoms with Gasteiger partial charge in [-0.1, -0.05) is 0 Å². The van der Waals surface area contributed by atoms with Gasteiger partial charge in [-0.3, -0.25) is 0 Å². The van der Waals surface area contributed by atoms with Crippen LogP contribution in [0.1, 0.15) is 5.01 Å². The zero-order valence-corrected chi connectivity index (χ0v) is 9.95. The Morgan fingerprint density at radius 2 is 2.07 bits per heavy atom. The van der Waals surface area contributed by atoms with Gasteiger partial charge < -0.3 is 5.73 Å². The lowest BCUT2D eigenvalue weighted by molar-refractivity contribution is 0.602. The molecule has 2 aromatic rings. The smallest absolute Gasteiger partial charge is 0.177 e. The van der Waals surface area contributed by atoms with E-state index in [1.807, 2.05) is 6.92 Å². The summed E-state index contributed by atoms with van der Waals surface area (Å²) < 4.78 is 23.7. The summed E-state index contributed by atoms with van der Waals surface area (Å²) >= 11 is 1.50. The Kier molecular flexibility index (Phi) is 2.20. The number of rotatable bonds is 1. The van der Waals surface area contributed by atoms with Crippen LogP contribution >= 0.6 is 11.3 Å². The fourth-order valence-corrected chi connectivity index (χ4v) is 3.08. The lowest BCUT2D eigenvalue weighted by Gasteiger charge is -2.02. The van der Waals surface area contributed by atoms with E-state index in [1.165, 1.54) is 17.4 Å². The van der Waals surface area contributed by atoms with Gasteiger partial charge >= 0.3 is 0 Å². The number of sulfone groups is 1. The van der Waals surface area contributed by atoms with Crippen molar-refractivity contribution in [3.05, 3.63) is 17.1 Å². The van der Waals surface area contributed by atoms with E-state index in [1.54, 1.807) is 6.07 Å². The molecule has 15 heavy (non-hydrogen) atoms. The SMILES string of the molecule is Cc1nc2cc(S(C)(=O)=O)c(N)cc2s1. The Hall–Kier alpha value is -1.14. The number of aryl methyl sites for hydroxylation is 1. The van der Waals surface area contributed by atoms with E-state index in [0.717, 1.165) is 16.0 Å². The van der Waals surface area contributed by atoms with E-state index >= 15 is 0 Å². The van der Waals surface area contributed by atoms with Crippen LogP contribution in [-0.4, -0.2) is 19.7 Å². The summed E-state index contributed by atoms with van der Waals surface area (Å²) in [5.41, 5.74) is 6.65. The van der Waals surface area contributed by atoms with Crippen LogP contribution in [0.15, 0.2) is 17.0 Å². The lowest BCUT2D eigenvalue weighted by atomic mass is 10.3. The quantitative estimate of drug-likeness (QED) is 0.771. The molecule has 0 saturated heterocycles. The van der Waals surface area contributed by atoms with Crippen LogP contribution in [0.25, 0.3) is 10.2 Å². The van der Waals surface area contributed by atoms with Gasteiger partial charge in [-0.15, -0.1) is 11.3 Å². The second-order valence-corrected chi connectivity index (χ2v) is 6.58. The van der Waals surface area contributed by atoms with E-state index in [-0.39, 0.29) is 10.6 Å². The second kappa shape index (κ2) is 3.18. The van der Waals surface area contributed by atoms with E-state index in [2.05, 4.69) is 4.98 Å². The molecule has 2 rings (SSSR count). The van der Waals surface area contributed by atoms with Gasteiger partial charge in [0.15, 0.2) is 9.84 Å². The molecule has 0 radical (unpaired) electrons. The van der Waals surface area contributed by atoms with Gasteiger partial charge in [0.25, 0.3) is 0 Å². The Bertz CT molecular complexity index is 629. The molecule has 2 N–H and O–H groups in total. The minimum absolute atomic E-state index is 0.153. The number of hydrogen-bond acceptors (Lipinski definition) is 5. The molecule has 80 valence electrons. The molecular weight excluding hydrogens is 232 g/mol. The van der Waals surface area contributed by atoms with Crippen molar-refractivity contribution in [2.24, 2.45) is 0 Å². The highest BCUT2D eigenvalue weighted by molar-refractivity contribution is 7.90. The first-order chi connectivity index (χ1) is 6.88. The van der Waals surface area contributed by atoms with Gasteiger partial charge in [0.2, 0.25) is 0 Å². The zero-order valence-electron chi connectivity index (χ0n) is 8.31. The first-order valence-corrected chi connectivity index (χ1v) is 6.95. The molecule has 4 nitrogen and oxygen atoms in total. The van der Waals surface area contributed by atoms with E-state index < -0.39 is 9.84 Å². The first-order valence-electron chi connectivity index (χ1n) is 4.24. The predicted octanol–water partition coefficient (Wildman–Crippen LogP) is 1.59. The fraction of sp³-hybridized carbons (Fsp3) is 0.222. The van der Waals surface area contributed by atoms with Crippen molar-refractivity contribution in [3.8, 4) is 0 Å². The van der Waals surface area contributed by atoms with Crippen LogP contribution < -0.4 is 5.73 Å². The summed E-state index contributed by atoms with van der Waals surface area (Å²) in [4.78, 5) is 4.38. The number of thiazole rings is 1. The molecule has 0 saturated carbocycles. The van der Waals surface area contributed by atoms with Gasteiger partial charge in [0.05, 0.1) is 25.8 Å². The topological polar surface area (TPSA) is 73.0 Å². The Labute approximate surface area is 91.7 Å². The summed E-state index contributed by atoms with van der Waals surface area (Å²) in [6, 6.07) is 3.19. The van der Waals surface area contributed by atoms with Crippen molar-refractivity contribution in [2.75, 3.05) is 12.0 Å². The third-order valence-corrected chi connectivity index (χ3v) is 4.11. The Balaban J connectivity index is 2.83. The molecule has 1 heterocycles. The van der Waals surface area contributed by atoms with Crippen molar-refractivity contribution in [3.63, 3.8) is 0 Å². The number of aromatic nitrogens is 1. The van der Waals surface area contributed by atoms with Crippen LogP contribution in [0, 0.1) is 6.92 Å². The van der Waals surface area contributed by atoms with Crippen LogP contribution in [0.5, 0.6) is 0 Å². The Morgan fingerprint density at radius 1 is 1.40 bits per heavy atom. The number of anilines is 1. The summed E-state index contributed by atoms with van der Waals surface area (Å²) in [5.74, 6) is 0. The maximum absolute atomic E-state index is 11.4. The van der Waals surface area contributed by atoms with Gasteiger partial charge in [0, 0.05) is 6.26 Å². The highest BCUT2D eigenvalue weighted by Gasteiger charge is 2.14. The van der Waals surface area contributed by atoms with Gasteiger partial charge in [-0.05, 0) is 19.1 Å². The largest absolute Gasteiger partial charge is 0.398 e. The minimum Gasteiger partial charge on any atom is -0.398 e. The summed E-state index contributed by atoms with van der Waals surface area (Å²) in [5, 5.41) is 0.898. The number of hydrogen-bond donors (Lipinski definition) is 1. The number of benzene rings is 1. The lowest BCUT2D eigenvalue weighted by Crippen LogP contribution is -2.01. The normalized spacial score (nSPS) is 12.1. The average molecular weight is 242 g/mol. The molecule has 0 bridgehead atoms. The highest BCUT2D eigenvalue weighted by atomic mass is 32.2. The molecule has 0 atom stereocenters. The third kappa shape index (κ3) is 1.82. The van der Waals surface area contributed by atoms with Crippen LogP contribution in [0.3, 0.4) is 0 Å². The molecule has 1 aromatic heterocycles. The van der Waals surface area contributed by atoms with Crippen molar-refractivity contribution < 1.29 is 8.42 Å². The molecule has 0 fully saturated rings. The molecular formula is C9H10N2O2S2. The van der Waals surface area contributed by atoms with Gasteiger partial charge in [-0.25, -0.2) is 13.4 Å². The minimum atomic E-state index is -3.28. The number of fused-ring (bicyclic) bond motifs is 1. The number of nitrogens with two attached hydrogens (primary N) is 1.